The fourth-order valence-electron chi connectivity index (χ4n) is 0.469. The van der Waals surface area contributed by atoms with Gasteiger partial charge in [0.2, 0.25) is 0 Å². The van der Waals surface area contributed by atoms with Gasteiger partial charge in [0.25, 0.3) is 0 Å². The number of oxazole rings is 1. The van der Waals surface area contributed by atoms with Crippen molar-refractivity contribution in [2.45, 2.75) is 6.92 Å². The van der Waals surface area contributed by atoms with Gasteiger partial charge in [-0.1, -0.05) is 0 Å². The normalized spacial score (nSPS) is 9.80. The molecular formula is C5H4BrNO3. The SMILES string of the molecule is Cc1nc(C(=O)O)oc1Br. The minimum Gasteiger partial charge on any atom is -0.474 e. The standard InChI is InChI=1S/C5H4BrNO3/c1-2-3(6)10-4(7-2)5(8)9/h1H3,(H,8,9). The van der Waals surface area contributed by atoms with E-state index in [9.17, 15) is 4.79 Å². The lowest BCUT2D eigenvalue weighted by Gasteiger charge is -1.78. The van der Waals surface area contributed by atoms with E-state index in [0.717, 1.165) is 0 Å². The van der Waals surface area contributed by atoms with Crippen molar-refractivity contribution < 1.29 is 14.3 Å². The zero-order valence-corrected chi connectivity index (χ0v) is 6.67. The number of carbonyl (C=O) groups is 1. The first-order valence-electron chi connectivity index (χ1n) is 2.47. The third-order valence-corrected chi connectivity index (χ3v) is 1.66. The van der Waals surface area contributed by atoms with Gasteiger partial charge in [0.05, 0.1) is 5.69 Å². The summed E-state index contributed by atoms with van der Waals surface area (Å²) in [6.07, 6.45) is 0. The lowest BCUT2D eigenvalue weighted by molar-refractivity contribution is 0.0652. The molecule has 0 aromatic carbocycles. The Kier molecular flexibility index (Phi) is 1.76. The quantitative estimate of drug-likeness (QED) is 0.754. The number of halogens is 1. The van der Waals surface area contributed by atoms with E-state index in [2.05, 4.69) is 25.3 Å². The monoisotopic (exact) mass is 205 g/mol. The third-order valence-electron chi connectivity index (χ3n) is 0.923. The Balaban J connectivity index is 3.10. The van der Waals surface area contributed by atoms with Crippen LogP contribution in [-0.2, 0) is 0 Å². The second-order valence-electron chi connectivity index (χ2n) is 1.68. The topological polar surface area (TPSA) is 63.3 Å². The first-order chi connectivity index (χ1) is 4.61. The first-order valence-corrected chi connectivity index (χ1v) is 3.27. The molecule has 0 aliphatic heterocycles. The number of aryl methyl sites for hydroxylation is 1. The van der Waals surface area contributed by atoms with Crippen molar-refractivity contribution >= 4 is 21.9 Å². The van der Waals surface area contributed by atoms with Crippen molar-refractivity contribution in [3.63, 3.8) is 0 Å². The van der Waals surface area contributed by atoms with E-state index < -0.39 is 5.97 Å². The molecule has 5 heteroatoms. The number of rotatable bonds is 1. The predicted octanol–water partition coefficient (Wildman–Crippen LogP) is 1.44. The average Bonchev–Trinajstić information content (AvgIpc) is 2.13. The van der Waals surface area contributed by atoms with Gasteiger partial charge < -0.3 is 9.52 Å². The number of carboxylic acids is 1. The molecular weight excluding hydrogens is 202 g/mol. The summed E-state index contributed by atoms with van der Waals surface area (Å²) in [7, 11) is 0. The Hall–Kier alpha value is -0.840. The highest BCUT2D eigenvalue weighted by Crippen LogP contribution is 2.16. The van der Waals surface area contributed by atoms with Gasteiger partial charge in [-0.25, -0.2) is 9.78 Å². The van der Waals surface area contributed by atoms with E-state index in [0.29, 0.717) is 10.4 Å². The van der Waals surface area contributed by atoms with Crippen LogP contribution in [-0.4, -0.2) is 16.1 Å². The Morgan fingerprint density at radius 3 is 2.60 bits per heavy atom. The molecule has 0 unspecified atom stereocenters. The molecule has 0 atom stereocenters. The zero-order valence-electron chi connectivity index (χ0n) is 5.09. The first kappa shape index (κ1) is 7.27. The van der Waals surface area contributed by atoms with Crippen LogP contribution in [0.15, 0.2) is 9.09 Å². The van der Waals surface area contributed by atoms with Crippen LogP contribution in [0.5, 0.6) is 0 Å². The molecule has 0 aliphatic rings. The van der Waals surface area contributed by atoms with E-state index in [1.165, 1.54) is 0 Å². The Bertz CT molecular complexity index is 248. The number of nitrogens with zero attached hydrogens (tertiary/aromatic N) is 1. The van der Waals surface area contributed by atoms with Crippen LogP contribution in [0.2, 0.25) is 0 Å². The van der Waals surface area contributed by atoms with Crippen molar-refractivity contribution in [2.24, 2.45) is 0 Å². The summed E-state index contributed by atoms with van der Waals surface area (Å²) in [6.45, 7) is 1.65. The highest BCUT2D eigenvalue weighted by Gasteiger charge is 2.12. The van der Waals surface area contributed by atoms with E-state index >= 15 is 0 Å². The summed E-state index contributed by atoms with van der Waals surface area (Å²) in [5, 5.41) is 8.35. The maximum Gasteiger partial charge on any atom is 0.392 e. The summed E-state index contributed by atoms with van der Waals surface area (Å²) in [5.41, 5.74) is 0.539. The molecule has 0 saturated carbocycles. The van der Waals surface area contributed by atoms with Gasteiger partial charge in [0.1, 0.15) is 0 Å². The molecule has 1 N–H and O–H groups in total. The number of aromatic nitrogens is 1. The van der Waals surface area contributed by atoms with Gasteiger partial charge >= 0.3 is 11.9 Å². The fraction of sp³-hybridized carbons (Fsp3) is 0.200. The van der Waals surface area contributed by atoms with Gasteiger partial charge in [0, 0.05) is 0 Å². The summed E-state index contributed by atoms with van der Waals surface area (Å²) >= 11 is 2.99. The number of hydrogen-bond acceptors (Lipinski definition) is 3. The van der Waals surface area contributed by atoms with Crippen molar-refractivity contribution in [1.82, 2.24) is 4.98 Å². The molecule has 0 fully saturated rings. The molecule has 4 nitrogen and oxygen atoms in total. The van der Waals surface area contributed by atoms with Crippen molar-refractivity contribution in [3.05, 3.63) is 16.3 Å². The molecule has 0 saturated heterocycles. The number of hydrogen-bond donors (Lipinski definition) is 1. The average molecular weight is 206 g/mol. The Morgan fingerprint density at radius 2 is 2.40 bits per heavy atom. The van der Waals surface area contributed by atoms with E-state index in [-0.39, 0.29) is 5.89 Å². The molecule has 0 spiro atoms. The third kappa shape index (κ3) is 1.18. The summed E-state index contributed by atoms with van der Waals surface area (Å²) in [6, 6.07) is 0. The van der Waals surface area contributed by atoms with Gasteiger partial charge in [-0.15, -0.1) is 0 Å². The van der Waals surface area contributed by atoms with Gasteiger partial charge in [-0.05, 0) is 22.9 Å². The molecule has 1 heterocycles. The van der Waals surface area contributed by atoms with E-state index in [1.54, 1.807) is 6.92 Å². The van der Waals surface area contributed by atoms with Crippen LogP contribution in [0.25, 0.3) is 0 Å². The Morgan fingerprint density at radius 1 is 1.80 bits per heavy atom. The molecule has 0 radical (unpaired) electrons. The van der Waals surface area contributed by atoms with Crippen LogP contribution in [0.3, 0.4) is 0 Å². The van der Waals surface area contributed by atoms with Crippen LogP contribution >= 0.6 is 15.9 Å². The second kappa shape index (κ2) is 2.42. The molecule has 0 bridgehead atoms. The smallest absolute Gasteiger partial charge is 0.392 e. The molecule has 0 amide bonds. The number of aromatic carboxylic acids is 1. The molecule has 1 aromatic rings. The van der Waals surface area contributed by atoms with Gasteiger partial charge in [-0.2, -0.15) is 0 Å². The minimum absolute atomic E-state index is 0.288. The highest BCUT2D eigenvalue weighted by atomic mass is 79.9. The number of carboxylic acid groups (broad SMARTS) is 1. The van der Waals surface area contributed by atoms with E-state index in [4.69, 9.17) is 5.11 Å². The maximum atomic E-state index is 10.2. The van der Waals surface area contributed by atoms with Gasteiger partial charge in [-0.3, -0.25) is 0 Å². The van der Waals surface area contributed by atoms with E-state index in [1.807, 2.05) is 0 Å². The van der Waals surface area contributed by atoms with Crippen molar-refractivity contribution in [1.29, 1.82) is 0 Å². The fourth-order valence-corrected chi connectivity index (χ4v) is 0.711. The van der Waals surface area contributed by atoms with Crippen LogP contribution in [0, 0.1) is 6.92 Å². The van der Waals surface area contributed by atoms with Gasteiger partial charge in [0.15, 0.2) is 4.67 Å². The molecule has 54 valence electrons. The highest BCUT2D eigenvalue weighted by molar-refractivity contribution is 9.10. The molecule has 10 heavy (non-hydrogen) atoms. The molecule has 0 aliphatic carbocycles. The molecule has 1 aromatic heterocycles. The van der Waals surface area contributed by atoms with Crippen molar-refractivity contribution in [3.8, 4) is 0 Å². The Labute approximate surface area is 65.0 Å². The summed E-state index contributed by atoms with van der Waals surface area (Å²) in [4.78, 5) is 13.8. The lowest BCUT2D eigenvalue weighted by atomic mass is 10.6. The van der Waals surface area contributed by atoms with Crippen LogP contribution in [0.4, 0.5) is 0 Å². The predicted molar refractivity (Wildman–Crippen MR) is 35.9 cm³/mol. The zero-order chi connectivity index (χ0) is 7.72. The lowest BCUT2D eigenvalue weighted by Crippen LogP contribution is -1.95. The summed E-state index contributed by atoms with van der Waals surface area (Å²) in [5.74, 6) is -1.45. The van der Waals surface area contributed by atoms with Crippen molar-refractivity contribution in [2.75, 3.05) is 0 Å². The molecule has 1 rings (SSSR count). The van der Waals surface area contributed by atoms with Crippen LogP contribution < -0.4 is 0 Å². The largest absolute Gasteiger partial charge is 0.474 e. The summed E-state index contributed by atoms with van der Waals surface area (Å²) < 4.78 is 5.05. The maximum absolute atomic E-state index is 10.2. The van der Waals surface area contributed by atoms with Crippen LogP contribution in [0.1, 0.15) is 16.4 Å². The second-order valence-corrected chi connectivity index (χ2v) is 2.40. The minimum atomic E-state index is -1.16.